The third-order valence-electron chi connectivity index (χ3n) is 4.39. The lowest BCUT2D eigenvalue weighted by molar-refractivity contribution is -0.142. The van der Waals surface area contributed by atoms with E-state index in [0.717, 1.165) is 16.7 Å². The molecule has 0 fully saturated rings. The zero-order valence-electron chi connectivity index (χ0n) is 14.8. The summed E-state index contributed by atoms with van der Waals surface area (Å²) in [5.41, 5.74) is 2.25. The molecule has 3 aromatic carbocycles. The molecule has 0 spiro atoms. The minimum atomic E-state index is -0.794. The molecular formula is C23H22O3. The highest BCUT2D eigenvalue weighted by Gasteiger charge is 2.37. The number of hydrogen-bond acceptors (Lipinski definition) is 3. The normalized spacial score (nSPS) is 11.1. The van der Waals surface area contributed by atoms with Crippen LogP contribution in [0.2, 0.25) is 0 Å². The van der Waals surface area contributed by atoms with Crippen molar-refractivity contribution in [2.24, 2.45) is 0 Å². The number of hydrogen-bond donors (Lipinski definition) is 0. The van der Waals surface area contributed by atoms with Crippen molar-refractivity contribution in [3.63, 3.8) is 0 Å². The highest BCUT2D eigenvalue weighted by Crippen LogP contribution is 2.40. The van der Waals surface area contributed by atoms with Crippen LogP contribution in [-0.2, 0) is 19.9 Å². The van der Waals surface area contributed by atoms with E-state index in [2.05, 4.69) is 36.4 Å². The molecule has 26 heavy (non-hydrogen) atoms. The second-order valence-electron chi connectivity index (χ2n) is 5.95. The molecule has 3 rings (SSSR count). The Hall–Kier alpha value is -2.91. The second kappa shape index (κ2) is 8.45. The smallest absolute Gasteiger partial charge is 0.307 e. The number of ether oxygens (including phenoxy) is 2. The highest BCUT2D eigenvalue weighted by molar-refractivity contribution is 5.69. The second-order valence-corrected chi connectivity index (χ2v) is 5.95. The quantitative estimate of drug-likeness (QED) is 0.465. The number of rotatable bonds is 7. The van der Waals surface area contributed by atoms with Crippen LogP contribution in [-0.4, -0.2) is 19.7 Å². The van der Waals surface area contributed by atoms with E-state index < -0.39 is 5.60 Å². The van der Waals surface area contributed by atoms with Gasteiger partial charge in [-0.05, 0) is 16.7 Å². The summed E-state index contributed by atoms with van der Waals surface area (Å²) in [6.07, 6.45) is 0.199. The van der Waals surface area contributed by atoms with Gasteiger partial charge in [0.2, 0.25) is 0 Å². The molecule has 0 heterocycles. The molecule has 3 aromatic rings. The largest absolute Gasteiger partial charge is 0.469 e. The Morgan fingerprint density at radius 2 is 1.12 bits per heavy atom. The number of methoxy groups -OCH3 is 1. The predicted molar refractivity (Wildman–Crippen MR) is 102 cm³/mol. The minimum Gasteiger partial charge on any atom is -0.469 e. The van der Waals surface area contributed by atoms with Gasteiger partial charge in [0.25, 0.3) is 0 Å². The molecule has 3 nitrogen and oxygen atoms in total. The van der Waals surface area contributed by atoms with E-state index in [1.807, 2.05) is 54.6 Å². The van der Waals surface area contributed by atoms with E-state index in [-0.39, 0.29) is 19.0 Å². The van der Waals surface area contributed by atoms with Crippen LogP contribution in [0.3, 0.4) is 0 Å². The van der Waals surface area contributed by atoms with Crippen LogP contribution in [0.1, 0.15) is 23.1 Å². The summed E-state index contributed by atoms with van der Waals surface area (Å²) in [4.78, 5) is 11.6. The molecule has 0 aliphatic carbocycles. The molecule has 0 bridgehead atoms. The fraction of sp³-hybridized carbons (Fsp3) is 0.174. The third kappa shape index (κ3) is 3.68. The lowest BCUT2D eigenvalue weighted by atomic mass is 9.80. The first-order valence-corrected chi connectivity index (χ1v) is 8.64. The molecule has 3 heteroatoms. The predicted octanol–water partition coefficient (Wildman–Crippen LogP) is 4.56. The van der Waals surface area contributed by atoms with Crippen molar-refractivity contribution >= 4 is 5.97 Å². The maximum Gasteiger partial charge on any atom is 0.307 e. The average Bonchev–Trinajstić information content (AvgIpc) is 2.73. The van der Waals surface area contributed by atoms with Gasteiger partial charge in [0, 0.05) is 0 Å². The molecule has 132 valence electrons. The summed E-state index contributed by atoms with van der Waals surface area (Å²) in [6.45, 7) is 0.255. The minimum absolute atomic E-state index is 0.199. The Morgan fingerprint density at radius 3 is 1.46 bits per heavy atom. The van der Waals surface area contributed by atoms with Gasteiger partial charge in [0.05, 0.1) is 20.1 Å². The average molecular weight is 346 g/mol. The summed E-state index contributed by atoms with van der Waals surface area (Å²) in [6, 6.07) is 30.3. The molecule has 0 amide bonds. The maximum absolute atomic E-state index is 11.6. The molecule has 0 aromatic heterocycles. The summed E-state index contributed by atoms with van der Waals surface area (Å²) in [5.74, 6) is -0.284. The van der Waals surface area contributed by atoms with E-state index in [0.29, 0.717) is 0 Å². The Morgan fingerprint density at radius 1 is 0.731 bits per heavy atom. The number of carbonyl (C=O) groups is 1. The molecule has 0 saturated carbocycles. The lowest BCUT2D eigenvalue weighted by Gasteiger charge is -2.35. The van der Waals surface area contributed by atoms with Crippen LogP contribution in [0.5, 0.6) is 0 Å². The van der Waals surface area contributed by atoms with Gasteiger partial charge in [-0.25, -0.2) is 0 Å². The SMILES string of the molecule is COC(=O)CCOC(c1ccccc1)(c1ccccc1)c1ccccc1. The Labute approximate surface area is 154 Å². The van der Waals surface area contributed by atoms with Crippen LogP contribution in [0, 0.1) is 0 Å². The number of carbonyl (C=O) groups excluding carboxylic acids is 1. The van der Waals surface area contributed by atoms with Crippen LogP contribution in [0.25, 0.3) is 0 Å². The van der Waals surface area contributed by atoms with Gasteiger partial charge < -0.3 is 9.47 Å². The molecule has 0 unspecified atom stereocenters. The van der Waals surface area contributed by atoms with Crippen LogP contribution < -0.4 is 0 Å². The molecule has 0 aliphatic rings. The Balaban J connectivity index is 2.13. The highest BCUT2D eigenvalue weighted by atomic mass is 16.5. The van der Waals surface area contributed by atoms with E-state index in [1.165, 1.54) is 7.11 Å². The molecule has 0 atom stereocenters. The van der Waals surface area contributed by atoms with Crippen molar-refractivity contribution in [2.75, 3.05) is 13.7 Å². The fourth-order valence-corrected chi connectivity index (χ4v) is 3.16. The lowest BCUT2D eigenvalue weighted by Crippen LogP contribution is -2.33. The van der Waals surface area contributed by atoms with Gasteiger partial charge in [0.1, 0.15) is 5.60 Å². The molecule has 0 N–H and O–H groups in total. The van der Waals surface area contributed by atoms with Gasteiger partial charge in [-0.1, -0.05) is 91.0 Å². The van der Waals surface area contributed by atoms with Crippen molar-refractivity contribution in [2.45, 2.75) is 12.0 Å². The summed E-state index contributed by atoms with van der Waals surface area (Å²) >= 11 is 0. The van der Waals surface area contributed by atoms with Crippen LogP contribution in [0.4, 0.5) is 0 Å². The first-order chi connectivity index (χ1) is 12.8. The third-order valence-corrected chi connectivity index (χ3v) is 4.39. The summed E-state index contributed by atoms with van der Waals surface area (Å²) < 4.78 is 11.2. The first-order valence-electron chi connectivity index (χ1n) is 8.64. The molecule has 0 radical (unpaired) electrons. The van der Waals surface area contributed by atoms with Gasteiger partial charge in [0.15, 0.2) is 0 Å². The topological polar surface area (TPSA) is 35.5 Å². The van der Waals surface area contributed by atoms with Crippen LogP contribution >= 0.6 is 0 Å². The monoisotopic (exact) mass is 346 g/mol. The number of esters is 1. The van der Waals surface area contributed by atoms with Gasteiger partial charge in [-0.15, -0.1) is 0 Å². The standard InChI is InChI=1S/C23H22O3/c1-25-22(24)17-18-26-23(19-11-5-2-6-12-19,20-13-7-3-8-14-20)21-15-9-4-10-16-21/h2-16H,17-18H2,1H3. The zero-order chi connectivity index (χ0) is 18.2. The molecule has 0 aliphatic heterocycles. The number of benzene rings is 3. The zero-order valence-corrected chi connectivity index (χ0v) is 14.8. The van der Waals surface area contributed by atoms with Crippen molar-refractivity contribution in [3.8, 4) is 0 Å². The van der Waals surface area contributed by atoms with Gasteiger partial charge >= 0.3 is 5.97 Å². The van der Waals surface area contributed by atoms with Gasteiger partial charge in [-0.3, -0.25) is 4.79 Å². The van der Waals surface area contributed by atoms with Crippen molar-refractivity contribution in [1.82, 2.24) is 0 Å². The van der Waals surface area contributed by atoms with Crippen molar-refractivity contribution in [1.29, 1.82) is 0 Å². The summed E-state index contributed by atoms with van der Waals surface area (Å²) in [5, 5.41) is 0. The van der Waals surface area contributed by atoms with Crippen LogP contribution in [0.15, 0.2) is 91.0 Å². The first kappa shape index (κ1) is 17.9. The maximum atomic E-state index is 11.6. The fourth-order valence-electron chi connectivity index (χ4n) is 3.16. The summed E-state index contributed by atoms with van der Waals surface area (Å²) in [7, 11) is 1.39. The Kier molecular flexibility index (Phi) is 5.82. The van der Waals surface area contributed by atoms with E-state index in [1.54, 1.807) is 0 Å². The van der Waals surface area contributed by atoms with Gasteiger partial charge in [-0.2, -0.15) is 0 Å². The van der Waals surface area contributed by atoms with E-state index in [4.69, 9.17) is 9.47 Å². The molecule has 0 saturated heterocycles. The Bertz CT molecular complexity index is 717. The molecular weight excluding hydrogens is 324 g/mol. The van der Waals surface area contributed by atoms with E-state index in [9.17, 15) is 4.79 Å². The van der Waals surface area contributed by atoms with Crippen molar-refractivity contribution < 1.29 is 14.3 Å². The van der Waals surface area contributed by atoms with E-state index >= 15 is 0 Å². The van der Waals surface area contributed by atoms with Crippen molar-refractivity contribution in [3.05, 3.63) is 108 Å².